The van der Waals surface area contributed by atoms with Gasteiger partial charge in [0, 0.05) is 18.3 Å². The first-order chi connectivity index (χ1) is 5.74. The van der Waals surface area contributed by atoms with Crippen molar-refractivity contribution >= 4 is 11.8 Å². The first-order valence-electron chi connectivity index (χ1n) is 3.69. The van der Waals surface area contributed by atoms with Crippen molar-refractivity contribution in [2.24, 2.45) is 5.73 Å². The Kier molecular flexibility index (Phi) is 2.71. The van der Waals surface area contributed by atoms with Gasteiger partial charge in [-0.15, -0.1) is 0 Å². The summed E-state index contributed by atoms with van der Waals surface area (Å²) in [5.41, 5.74) is 12.3. The molecule has 0 fully saturated rings. The van der Waals surface area contributed by atoms with Gasteiger partial charge in [0.1, 0.15) is 5.75 Å². The lowest BCUT2D eigenvalue weighted by atomic mass is 10.1. The molecule has 0 saturated heterocycles. The Balaban J connectivity index is 2.94. The molecule has 0 saturated carbocycles. The Hall–Kier alpha value is -1.48. The van der Waals surface area contributed by atoms with Crippen molar-refractivity contribution in [3.8, 4) is 5.75 Å². The summed E-state index contributed by atoms with van der Waals surface area (Å²) in [6.45, 7) is 0.486. The second-order valence-corrected chi connectivity index (χ2v) is 2.45. The largest absolute Gasteiger partial charge is 0.508 e. The minimum atomic E-state index is 0.178. The quantitative estimate of drug-likeness (QED) is 0.570. The van der Waals surface area contributed by atoms with Gasteiger partial charge in [-0.3, -0.25) is 0 Å². The van der Waals surface area contributed by atoms with Crippen LogP contribution in [0.2, 0.25) is 0 Å². The first kappa shape index (κ1) is 8.62. The van der Waals surface area contributed by atoms with Crippen LogP contribution in [0.15, 0.2) is 24.3 Å². The number of nitrogen functional groups attached to an aromatic ring is 1. The Bertz CT molecular complexity index is 295. The topological polar surface area (TPSA) is 72.3 Å². The van der Waals surface area contributed by atoms with E-state index in [9.17, 15) is 0 Å². The van der Waals surface area contributed by atoms with Gasteiger partial charge in [0.15, 0.2) is 0 Å². The van der Waals surface area contributed by atoms with Gasteiger partial charge in [-0.05, 0) is 17.7 Å². The molecule has 3 nitrogen and oxygen atoms in total. The summed E-state index contributed by atoms with van der Waals surface area (Å²) < 4.78 is 0. The average molecular weight is 164 g/mol. The highest BCUT2D eigenvalue weighted by molar-refractivity contribution is 5.66. The van der Waals surface area contributed by atoms with Gasteiger partial charge < -0.3 is 16.6 Å². The minimum Gasteiger partial charge on any atom is -0.508 e. The summed E-state index contributed by atoms with van der Waals surface area (Å²) in [7, 11) is 0. The van der Waals surface area contributed by atoms with E-state index in [0.29, 0.717) is 12.2 Å². The van der Waals surface area contributed by atoms with Crippen molar-refractivity contribution in [3.05, 3.63) is 29.8 Å². The number of phenolic OH excluding ortho intramolecular Hbond substituents is 1. The molecule has 1 aromatic carbocycles. The predicted molar refractivity (Wildman–Crippen MR) is 50.6 cm³/mol. The van der Waals surface area contributed by atoms with Crippen molar-refractivity contribution in [2.45, 2.75) is 0 Å². The molecule has 12 heavy (non-hydrogen) atoms. The Morgan fingerprint density at radius 3 is 2.75 bits per heavy atom. The number of nitrogens with two attached hydrogens (primary N) is 2. The van der Waals surface area contributed by atoms with E-state index >= 15 is 0 Å². The van der Waals surface area contributed by atoms with E-state index in [0.717, 1.165) is 5.56 Å². The first-order valence-corrected chi connectivity index (χ1v) is 3.69. The van der Waals surface area contributed by atoms with Crippen molar-refractivity contribution in [1.82, 2.24) is 0 Å². The highest BCUT2D eigenvalue weighted by Crippen LogP contribution is 2.19. The zero-order chi connectivity index (χ0) is 8.97. The monoisotopic (exact) mass is 164 g/mol. The number of benzene rings is 1. The summed E-state index contributed by atoms with van der Waals surface area (Å²) in [6, 6.07) is 4.85. The Morgan fingerprint density at radius 1 is 1.42 bits per heavy atom. The smallest absolute Gasteiger partial charge is 0.117 e. The summed E-state index contributed by atoms with van der Waals surface area (Å²) in [4.78, 5) is 0. The van der Waals surface area contributed by atoms with E-state index in [2.05, 4.69) is 0 Å². The van der Waals surface area contributed by atoms with Crippen LogP contribution in [0.3, 0.4) is 0 Å². The number of rotatable bonds is 2. The van der Waals surface area contributed by atoms with Gasteiger partial charge in [0.05, 0.1) is 0 Å². The molecule has 0 aliphatic rings. The number of hydrogen-bond donors (Lipinski definition) is 3. The van der Waals surface area contributed by atoms with Gasteiger partial charge in [-0.2, -0.15) is 0 Å². The van der Waals surface area contributed by atoms with Crippen LogP contribution in [0, 0.1) is 0 Å². The van der Waals surface area contributed by atoms with Crippen LogP contribution >= 0.6 is 0 Å². The van der Waals surface area contributed by atoms with Gasteiger partial charge in [-0.25, -0.2) is 0 Å². The molecule has 64 valence electrons. The van der Waals surface area contributed by atoms with Crippen LogP contribution < -0.4 is 11.5 Å². The van der Waals surface area contributed by atoms with E-state index in [1.165, 1.54) is 6.07 Å². The molecule has 0 heterocycles. The molecular formula is C9H12N2O. The fourth-order valence-electron chi connectivity index (χ4n) is 0.909. The van der Waals surface area contributed by atoms with Crippen LogP contribution in [-0.4, -0.2) is 11.7 Å². The zero-order valence-electron chi connectivity index (χ0n) is 6.70. The van der Waals surface area contributed by atoms with Crippen LogP contribution in [0.25, 0.3) is 6.08 Å². The van der Waals surface area contributed by atoms with Crippen molar-refractivity contribution in [2.75, 3.05) is 12.3 Å². The molecule has 0 unspecified atom stereocenters. The SMILES string of the molecule is NCC=Cc1ccc(O)cc1N. The second-order valence-electron chi connectivity index (χ2n) is 2.45. The molecule has 0 atom stereocenters. The van der Waals surface area contributed by atoms with E-state index < -0.39 is 0 Å². The third kappa shape index (κ3) is 2.00. The molecule has 1 rings (SSSR count). The predicted octanol–water partition coefficient (Wildman–Crippen LogP) is 0.946. The van der Waals surface area contributed by atoms with Crippen LogP contribution in [0.5, 0.6) is 5.75 Å². The third-order valence-corrected chi connectivity index (χ3v) is 1.50. The second kappa shape index (κ2) is 3.78. The maximum Gasteiger partial charge on any atom is 0.117 e. The lowest BCUT2D eigenvalue weighted by molar-refractivity contribution is 0.475. The Labute approximate surface area is 71.3 Å². The molecule has 0 aliphatic heterocycles. The van der Waals surface area contributed by atoms with Crippen LogP contribution in [-0.2, 0) is 0 Å². The van der Waals surface area contributed by atoms with Gasteiger partial charge in [0.2, 0.25) is 0 Å². The summed E-state index contributed by atoms with van der Waals surface area (Å²) in [5.74, 6) is 0.178. The highest BCUT2D eigenvalue weighted by atomic mass is 16.3. The summed E-state index contributed by atoms with van der Waals surface area (Å²) >= 11 is 0. The highest BCUT2D eigenvalue weighted by Gasteiger charge is 1.94. The van der Waals surface area contributed by atoms with E-state index in [-0.39, 0.29) is 5.75 Å². The summed E-state index contributed by atoms with van der Waals surface area (Å²) in [6.07, 6.45) is 3.64. The zero-order valence-corrected chi connectivity index (χ0v) is 6.70. The van der Waals surface area contributed by atoms with Gasteiger partial charge >= 0.3 is 0 Å². The fourth-order valence-corrected chi connectivity index (χ4v) is 0.909. The molecule has 0 radical (unpaired) electrons. The number of anilines is 1. The average Bonchev–Trinajstić information content (AvgIpc) is 2.03. The lowest BCUT2D eigenvalue weighted by Gasteiger charge is -1.99. The van der Waals surface area contributed by atoms with E-state index in [1.807, 2.05) is 12.2 Å². The molecule has 5 N–H and O–H groups in total. The molecular weight excluding hydrogens is 152 g/mol. The van der Waals surface area contributed by atoms with E-state index in [4.69, 9.17) is 16.6 Å². The van der Waals surface area contributed by atoms with Crippen molar-refractivity contribution in [1.29, 1.82) is 0 Å². The van der Waals surface area contributed by atoms with Crippen molar-refractivity contribution < 1.29 is 5.11 Å². The van der Waals surface area contributed by atoms with Crippen molar-refractivity contribution in [3.63, 3.8) is 0 Å². The number of aromatic hydroxyl groups is 1. The third-order valence-electron chi connectivity index (χ3n) is 1.50. The summed E-state index contributed by atoms with van der Waals surface area (Å²) in [5, 5.41) is 9.03. The van der Waals surface area contributed by atoms with Gasteiger partial charge in [-0.1, -0.05) is 12.2 Å². The maximum atomic E-state index is 9.03. The molecule has 1 aromatic rings. The molecule has 0 spiro atoms. The molecule has 0 amide bonds. The Morgan fingerprint density at radius 2 is 2.17 bits per heavy atom. The lowest BCUT2D eigenvalue weighted by Crippen LogP contribution is -1.93. The van der Waals surface area contributed by atoms with Crippen LogP contribution in [0.4, 0.5) is 5.69 Å². The number of hydrogen-bond acceptors (Lipinski definition) is 3. The normalized spacial score (nSPS) is 10.8. The molecule has 0 aliphatic carbocycles. The standard InChI is InChI=1S/C9H12N2O/c10-5-1-2-7-3-4-8(12)6-9(7)11/h1-4,6,12H,5,10-11H2. The molecule has 0 aromatic heterocycles. The molecule has 0 bridgehead atoms. The maximum absolute atomic E-state index is 9.03. The van der Waals surface area contributed by atoms with E-state index in [1.54, 1.807) is 12.1 Å². The fraction of sp³-hybridized carbons (Fsp3) is 0.111. The van der Waals surface area contributed by atoms with Crippen LogP contribution in [0.1, 0.15) is 5.56 Å². The minimum absolute atomic E-state index is 0.178. The number of phenols is 1. The van der Waals surface area contributed by atoms with Gasteiger partial charge in [0.25, 0.3) is 0 Å². The molecule has 3 heteroatoms.